The summed E-state index contributed by atoms with van der Waals surface area (Å²) >= 11 is 0. The van der Waals surface area contributed by atoms with Crippen molar-refractivity contribution in [1.82, 2.24) is 14.7 Å². The minimum absolute atomic E-state index is 0.00592. The van der Waals surface area contributed by atoms with Crippen molar-refractivity contribution >= 4 is 11.5 Å². The third-order valence-corrected chi connectivity index (χ3v) is 2.51. The van der Waals surface area contributed by atoms with Gasteiger partial charge in [0.05, 0.1) is 5.52 Å². The number of imidazole rings is 1. The summed E-state index contributed by atoms with van der Waals surface area (Å²) in [5.41, 5.74) is 0.371. The van der Waals surface area contributed by atoms with E-state index in [9.17, 15) is 9.90 Å². The number of aromatic nitrogens is 2. The first-order valence-corrected chi connectivity index (χ1v) is 5.22. The number of aromatic carboxylic acids is 1. The molecule has 0 bridgehead atoms. The summed E-state index contributed by atoms with van der Waals surface area (Å²) < 4.78 is 1.46. The normalized spacial score (nSPS) is 10.9. The second-order valence-corrected chi connectivity index (χ2v) is 3.64. The summed E-state index contributed by atoms with van der Waals surface area (Å²) in [6, 6.07) is 4.73. The van der Waals surface area contributed by atoms with Gasteiger partial charge in [0.2, 0.25) is 0 Å². The van der Waals surface area contributed by atoms with E-state index < -0.39 is 5.97 Å². The number of pyridine rings is 1. The molecule has 0 aliphatic carbocycles. The fourth-order valence-corrected chi connectivity index (χ4v) is 1.75. The molecule has 6 heteroatoms. The number of likely N-dealkylation sites (N-methyl/N-ethyl adjacent to an activating group) is 1. The van der Waals surface area contributed by atoms with Gasteiger partial charge in [0.1, 0.15) is 5.82 Å². The molecule has 3 N–H and O–H groups in total. The number of aromatic hydroxyl groups is 1. The zero-order chi connectivity index (χ0) is 12.4. The zero-order valence-corrected chi connectivity index (χ0v) is 9.34. The molecule has 0 amide bonds. The largest absolute Gasteiger partial charge is 0.494 e. The number of nitrogens with zero attached hydrogens (tertiary/aromatic N) is 2. The van der Waals surface area contributed by atoms with E-state index in [-0.39, 0.29) is 11.6 Å². The van der Waals surface area contributed by atoms with Gasteiger partial charge < -0.3 is 15.5 Å². The van der Waals surface area contributed by atoms with E-state index in [0.717, 1.165) is 0 Å². The van der Waals surface area contributed by atoms with Gasteiger partial charge in [0, 0.05) is 13.0 Å². The lowest BCUT2D eigenvalue weighted by molar-refractivity contribution is 0.0693. The molecular formula is C11H13N3O3. The molecule has 0 saturated carbocycles. The van der Waals surface area contributed by atoms with Gasteiger partial charge in [-0.3, -0.25) is 4.40 Å². The SMILES string of the molecule is CNCCc1nc(C(=O)O)c2cccc(O)n12. The summed E-state index contributed by atoms with van der Waals surface area (Å²) in [5, 5.41) is 21.8. The number of hydrogen-bond donors (Lipinski definition) is 3. The fraction of sp³-hybridized carbons (Fsp3) is 0.273. The molecule has 0 aliphatic rings. The summed E-state index contributed by atoms with van der Waals surface area (Å²) in [7, 11) is 1.80. The van der Waals surface area contributed by atoms with Crippen LogP contribution in [-0.2, 0) is 6.42 Å². The van der Waals surface area contributed by atoms with Gasteiger partial charge in [-0.2, -0.15) is 0 Å². The molecule has 0 aromatic carbocycles. The summed E-state index contributed by atoms with van der Waals surface area (Å²) in [6.45, 7) is 0.659. The Morgan fingerprint density at radius 3 is 2.94 bits per heavy atom. The monoisotopic (exact) mass is 235 g/mol. The number of hydrogen-bond acceptors (Lipinski definition) is 4. The lowest BCUT2D eigenvalue weighted by atomic mass is 10.3. The lowest BCUT2D eigenvalue weighted by Gasteiger charge is -2.02. The van der Waals surface area contributed by atoms with Crippen LogP contribution in [0.5, 0.6) is 5.88 Å². The van der Waals surface area contributed by atoms with Gasteiger partial charge in [0.25, 0.3) is 0 Å². The predicted octanol–water partition coefficient (Wildman–Crippen LogP) is 0.500. The molecule has 2 rings (SSSR count). The Hall–Kier alpha value is -2.08. The lowest BCUT2D eigenvalue weighted by Crippen LogP contribution is -2.12. The first kappa shape index (κ1) is 11.4. The molecule has 2 aromatic rings. The topological polar surface area (TPSA) is 86.9 Å². The van der Waals surface area contributed by atoms with Crippen LogP contribution in [-0.4, -0.2) is 39.2 Å². The van der Waals surface area contributed by atoms with Crippen LogP contribution in [0, 0.1) is 0 Å². The number of fused-ring (bicyclic) bond motifs is 1. The van der Waals surface area contributed by atoms with Crippen LogP contribution in [0.4, 0.5) is 0 Å². The van der Waals surface area contributed by atoms with Crippen molar-refractivity contribution in [2.45, 2.75) is 6.42 Å². The Bertz CT molecular complexity index is 562. The maximum Gasteiger partial charge on any atom is 0.356 e. The standard InChI is InChI=1S/C11H13N3O3/c1-12-6-5-8-13-10(11(16)17)7-3-2-4-9(15)14(7)8/h2-4,12,15H,5-6H2,1H3,(H,16,17). The van der Waals surface area contributed by atoms with Crippen LogP contribution in [0.15, 0.2) is 18.2 Å². The molecule has 2 aromatic heterocycles. The van der Waals surface area contributed by atoms with Crippen molar-refractivity contribution in [3.8, 4) is 5.88 Å². The summed E-state index contributed by atoms with van der Waals surface area (Å²) in [5.74, 6) is -0.567. The molecule has 0 aliphatic heterocycles. The maximum atomic E-state index is 11.0. The van der Waals surface area contributed by atoms with E-state index in [4.69, 9.17) is 5.11 Å². The molecule has 2 heterocycles. The first-order chi connectivity index (χ1) is 8.15. The van der Waals surface area contributed by atoms with E-state index in [0.29, 0.717) is 24.3 Å². The van der Waals surface area contributed by atoms with Gasteiger partial charge >= 0.3 is 5.97 Å². The van der Waals surface area contributed by atoms with Crippen molar-refractivity contribution < 1.29 is 15.0 Å². The third kappa shape index (κ3) is 1.94. The van der Waals surface area contributed by atoms with Crippen LogP contribution >= 0.6 is 0 Å². The molecule has 0 unspecified atom stereocenters. The second-order valence-electron chi connectivity index (χ2n) is 3.64. The van der Waals surface area contributed by atoms with Crippen molar-refractivity contribution in [2.24, 2.45) is 0 Å². The Kier molecular flexibility index (Phi) is 2.97. The molecule has 0 atom stereocenters. The highest BCUT2D eigenvalue weighted by Crippen LogP contribution is 2.20. The van der Waals surface area contributed by atoms with Crippen molar-refractivity contribution in [1.29, 1.82) is 0 Å². The summed E-state index contributed by atoms with van der Waals surface area (Å²) in [4.78, 5) is 15.1. The van der Waals surface area contributed by atoms with Crippen LogP contribution in [0.3, 0.4) is 0 Å². The number of nitrogens with one attached hydrogen (secondary N) is 1. The van der Waals surface area contributed by atoms with Crippen LogP contribution < -0.4 is 5.32 Å². The number of carboxylic acid groups (broad SMARTS) is 1. The highest BCUT2D eigenvalue weighted by atomic mass is 16.4. The van der Waals surface area contributed by atoms with Crippen molar-refractivity contribution in [2.75, 3.05) is 13.6 Å². The van der Waals surface area contributed by atoms with Crippen LogP contribution in [0.25, 0.3) is 5.52 Å². The average Bonchev–Trinajstić information content (AvgIpc) is 2.67. The highest BCUT2D eigenvalue weighted by Gasteiger charge is 2.17. The Morgan fingerprint density at radius 1 is 1.53 bits per heavy atom. The molecule has 17 heavy (non-hydrogen) atoms. The van der Waals surface area contributed by atoms with Crippen molar-refractivity contribution in [3.63, 3.8) is 0 Å². The minimum atomic E-state index is -1.09. The number of rotatable bonds is 4. The van der Waals surface area contributed by atoms with Crippen LogP contribution in [0.2, 0.25) is 0 Å². The zero-order valence-electron chi connectivity index (χ0n) is 9.34. The molecule has 90 valence electrons. The van der Waals surface area contributed by atoms with Crippen molar-refractivity contribution in [3.05, 3.63) is 29.7 Å². The Balaban J connectivity index is 2.63. The van der Waals surface area contributed by atoms with Gasteiger partial charge in [-0.15, -0.1) is 0 Å². The van der Waals surface area contributed by atoms with Crippen LogP contribution in [0.1, 0.15) is 16.3 Å². The van der Waals surface area contributed by atoms with Gasteiger partial charge in [-0.05, 0) is 19.2 Å². The molecule has 6 nitrogen and oxygen atoms in total. The average molecular weight is 235 g/mol. The number of carboxylic acids is 1. The van der Waals surface area contributed by atoms with E-state index in [2.05, 4.69) is 10.3 Å². The third-order valence-electron chi connectivity index (χ3n) is 2.51. The molecule has 0 saturated heterocycles. The van der Waals surface area contributed by atoms with E-state index in [1.54, 1.807) is 19.2 Å². The fourth-order valence-electron chi connectivity index (χ4n) is 1.75. The Morgan fingerprint density at radius 2 is 2.29 bits per heavy atom. The molecule has 0 fully saturated rings. The first-order valence-electron chi connectivity index (χ1n) is 5.22. The summed E-state index contributed by atoms with van der Waals surface area (Å²) in [6.07, 6.45) is 0.544. The maximum absolute atomic E-state index is 11.0. The quantitative estimate of drug-likeness (QED) is 0.718. The highest BCUT2D eigenvalue weighted by molar-refractivity contribution is 5.93. The number of carbonyl (C=O) groups is 1. The predicted molar refractivity (Wildman–Crippen MR) is 61.4 cm³/mol. The smallest absolute Gasteiger partial charge is 0.356 e. The second kappa shape index (κ2) is 4.42. The molecule has 0 radical (unpaired) electrons. The van der Waals surface area contributed by atoms with Gasteiger partial charge in [0.15, 0.2) is 11.6 Å². The van der Waals surface area contributed by atoms with E-state index in [1.165, 1.54) is 10.5 Å². The minimum Gasteiger partial charge on any atom is -0.494 e. The van der Waals surface area contributed by atoms with E-state index >= 15 is 0 Å². The molecule has 0 spiro atoms. The Labute approximate surface area is 97.5 Å². The van der Waals surface area contributed by atoms with E-state index in [1.807, 2.05) is 0 Å². The molecular weight excluding hydrogens is 222 g/mol. The van der Waals surface area contributed by atoms with Gasteiger partial charge in [-0.1, -0.05) is 6.07 Å². The van der Waals surface area contributed by atoms with Gasteiger partial charge in [-0.25, -0.2) is 9.78 Å².